The first-order valence-electron chi connectivity index (χ1n) is 10.4. The summed E-state index contributed by atoms with van der Waals surface area (Å²) in [5.74, 6) is -1.23. The summed E-state index contributed by atoms with van der Waals surface area (Å²) in [6, 6.07) is 11.2. The van der Waals surface area contributed by atoms with E-state index < -0.39 is 21.4 Å². The smallest absolute Gasteiger partial charge is 0.242 e. The Morgan fingerprint density at radius 3 is 2.42 bits per heavy atom. The fourth-order valence-electron chi connectivity index (χ4n) is 4.10. The van der Waals surface area contributed by atoms with Gasteiger partial charge in [-0.3, -0.25) is 4.79 Å². The maximum Gasteiger partial charge on any atom is 0.242 e. The lowest BCUT2D eigenvalue weighted by atomic mass is 10.2. The van der Waals surface area contributed by atoms with Crippen LogP contribution < -0.4 is 0 Å². The van der Waals surface area contributed by atoms with Crippen LogP contribution in [0.2, 0.25) is 5.02 Å². The highest BCUT2D eigenvalue weighted by Crippen LogP contribution is 2.30. The van der Waals surface area contributed by atoms with Crippen LogP contribution in [0.5, 0.6) is 0 Å². The Morgan fingerprint density at radius 2 is 1.71 bits per heavy atom. The molecule has 0 N–H and O–H groups in total. The molecule has 0 atom stereocenters. The molecule has 3 aromatic rings. The second kappa shape index (κ2) is 9.01. The minimum atomic E-state index is -3.90. The van der Waals surface area contributed by atoms with Gasteiger partial charge >= 0.3 is 0 Å². The van der Waals surface area contributed by atoms with E-state index in [2.05, 4.69) is 0 Å². The number of fused-ring (bicyclic) bond motifs is 1. The van der Waals surface area contributed by atoms with Crippen molar-refractivity contribution in [2.75, 3.05) is 13.1 Å². The van der Waals surface area contributed by atoms with Crippen LogP contribution in [0.1, 0.15) is 31.2 Å². The van der Waals surface area contributed by atoms with E-state index in [-0.39, 0.29) is 27.9 Å². The highest BCUT2D eigenvalue weighted by Gasteiger charge is 2.25. The zero-order valence-electron chi connectivity index (χ0n) is 17.1. The lowest BCUT2D eigenvalue weighted by Gasteiger charge is -2.20. The molecule has 1 aromatic heterocycles. The van der Waals surface area contributed by atoms with Gasteiger partial charge in [-0.2, -0.15) is 0 Å². The third kappa shape index (κ3) is 4.62. The van der Waals surface area contributed by atoms with Gasteiger partial charge in [0.05, 0.1) is 10.6 Å². The van der Waals surface area contributed by atoms with E-state index in [0.717, 1.165) is 38.8 Å². The molecule has 0 saturated carbocycles. The van der Waals surface area contributed by atoms with Gasteiger partial charge in [0.1, 0.15) is 12.4 Å². The molecule has 0 unspecified atom stereocenters. The van der Waals surface area contributed by atoms with Crippen molar-refractivity contribution in [2.45, 2.75) is 42.9 Å². The van der Waals surface area contributed by atoms with E-state index in [1.165, 1.54) is 24.4 Å². The molecule has 2 heterocycles. The van der Waals surface area contributed by atoms with Crippen molar-refractivity contribution in [2.24, 2.45) is 0 Å². The Morgan fingerprint density at radius 1 is 1.00 bits per heavy atom. The van der Waals surface area contributed by atoms with E-state index in [1.807, 2.05) is 4.90 Å². The molecule has 1 aliphatic heterocycles. The molecule has 1 saturated heterocycles. The first kappa shape index (κ1) is 21.8. The topological polar surface area (TPSA) is 59.4 Å². The number of sulfone groups is 1. The van der Waals surface area contributed by atoms with Crippen molar-refractivity contribution < 1.29 is 17.6 Å². The zero-order valence-corrected chi connectivity index (χ0v) is 18.6. The number of hydrogen-bond donors (Lipinski definition) is 0. The predicted molar refractivity (Wildman–Crippen MR) is 119 cm³/mol. The van der Waals surface area contributed by atoms with Crippen LogP contribution >= 0.6 is 11.6 Å². The Kier molecular flexibility index (Phi) is 6.34. The number of rotatable bonds is 5. The van der Waals surface area contributed by atoms with Gasteiger partial charge < -0.3 is 9.47 Å². The van der Waals surface area contributed by atoms with Crippen LogP contribution in [-0.4, -0.2) is 36.9 Å². The summed E-state index contributed by atoms with van der Waals surface area (Å²) in [5, 5.41) is 0.585. The SMILES string of the molecule is O=C(Cn1cc(S(=O)(=O)Cc2c(F)cccc2Cl)c2ccccc21)N1CCCCCC1. The highest BCUT2D eigenvalue weighted by atomic mass is 35.5. The highest BCUT2D eigenvalue weighted by molar-refractivity contribution is 7.90. The van der Waals surface area contributed by atoms with Gasteiger partial charge in [0.25, 0.3) is 0 Å². The minimum absolute atomic E-state index is 0.0243. The molecule has 0 radical (unpaired) electrons. The van der Waals surface area contributed by atoms with E-state index in [1.54, 1.807) is 28.8 Å². The standard InChI is InChI=1S/C23H24ClFN2O3S/c24-19-9-7-10-20(25)18(19)16-31(29,30)22-14-27(21-11-4-3-8-17(21)22)15-23(28)26-12-5-1-2-6-13-26/h3-4,7-11,14H,1-2,5-6,12-13,15-16H2. The molecule has 2 aromatic carbocycles. The van der Waals surface area contributed by atoms with Crippen molar-refractivity contribution >= 4 is 38.2 Å². The number of hydrogen-bond acceptors (Lipinski definition) is 3. The lowest BCUT2D eigenvalue weighted by Crippen LogP contribution is -2.34. The fourth-order valence-corrected chi connectivity index (χ4v) is 6.03. The fraction of sp³-hybridized carbons (Fsp3) is 0.348. The number of para-hydroxylation sites is 1. The quantitative estimate of drug-likeness (QED) is 0.546. The largest absolute Gasteiger partial charge is 0.341 e. The number of carbonyl (C=O) groups excluding carboxylic acids is 1. The Hall–Kier alpha value is -2.38. The van der Waals surface area contributed by atoms with Crippen LogP contribution in [0.15, 0.2) is 53.6 Å². The average Bonchev–Trinajstić information content (AvgIpc) is 2.92. The number of aromatic nitrogens is 1. The van der Waals surface area contributed by atoms with E-state index in [0.29, 0.717) is 10.9 Å². The number of amides is 1. The molecule has 164 valence electrons. The van der Waals surface area contributed by atoms with Crippen molar-refractivity contribution in [3.05, 3.63) is 65.1 Å². The molecule has 1 fully saturated rings. The summed E-state index contributed by atoms with van der Waals surface area (Å²) in [6.45, 7) is 1.53. The Bertz CT molecular complexity index is 1190. The molecule has 8 heteroatoms. The molecule has 5 nitrogen and oxygen atoms in total. The van der Waals surface area contributed by atoms with Crippen LogP contribution in [-0.2, 0) is 26.9 Å². The van der Waals surface area contributed by atoms with Gasteiger partial charge in [-0.25, -0.2) is 12.8 Å². The third-order valence-corrected chi connectivity index (χ3v) is 7.77. The lowest BCUT2D eigenvalue weighted by molar-refractivity contribution is -0.131. The van der Waals surface area contributed by atoms with Crippen LogP contribution in [0, 0.1) is 5.82 Å². The first-order valence-corrected chi connectivity index (χ1v) is 12.4. The molecular weight excluding hydrogens is 439 g/mol. The normalized spacial score (nSPS) is 15.2. The minimum Gasteiger partial charge on any atom is -0.341 e. The maximum atomic E-state index is 14.2. The predicted octanol–water partition coefficient (Wildman–Crippen LogP) is 4.81. The van der Waals surface area contributed by atoms with E-state index in [4.69, 9.17) is 11.6 Å². The second-order valence-corrected chi connectivity index (χ2v) is 10.3. The molecule has 0 spiro atoms. The van der Waals surface area contributed by atoms with Crippen molar-refractivity contribution in [1.82, 2.24) is 9.47 Å². The van der Waals surface area contributed by atoms with Crippen LogP contribution in [0.25, 0.3) is 10.9 Å². The first-order chi connectivity index (χ1) is 14.9. The zero-order chi connectivity index (χ0) is 22.0. The van der Waals surface area contributed by atoms with Crippen LogP contribution in [0.4, 0.5) is 4.39 Å². The molecule has 1 amide bonds. The summed E-state index contributed by atoms with van der Waals surface area (Å²) < 4.78 is 42.4. The average molecular weight is 463 g/mol. The third-order valence-electron chi connectivity index (χ3n) is 5.75. The summed E-state index contributed by atoms with van der Waals surface area (Å²) in [7, 11) is -3.90. The molecular formula is C23H24ClFN2O3S. The Balaban J connectivity index is 1.68. The molecule has 4 rings (SSSR count). The number of carbonyl (C=O) groups is 1. The van der Waals surface area contributed by atoms with Gasteiger partial charge in [0.2, 0.25) is 5.91 Å². The summed E-state index contributed by atoms with van der Waals surface area (Å²) in [5.41, 5.74) is 0.602. The summed E-state index contributed by atoms with van der Waals surface area (Å²) in [6.07, 6.45) is 5.71. The van der Waals surface area contributed by atoms with Gasteiger partial charge in [0.15, 0.2) is 9.84 Å². The van der Waals surface area contributed by atoms with Gasteiger partial charge in [-0.15, -0.1) is 0 Å². The van der Waals surface area contributed by atoms with Crippen molar-refractivity contribution in [3.8, 4) is 0 Å². The van der Waals surface area contributed by atoms with E-state index in [9.17, 15) is 17.6 Å². The van der Waals surface area contributed by atoms with Crippen molar-refractivity contribution in [1.29, 1.82) is 0 Å². The molecule has 0 bridgehead atoms. The molecule has 1 aliphatic rings. The maximum absolute atomic E-state index is 14.2. The number of benzene rings is 2. The summed E-state index contributed by atoms with van der Waals surface area (Å²) >= 11 is 6.05. The summed E-state index contributed by atoms with van der Waals surface area (Å²) in [4.78, 5) is 14.8. The van der Waals surface area contributed by atoms with Gasteiger partial charge in [-0.05, 0) is 31.0 Å². The second-order valence-electron chi connectivity index (χ2n) is 7.89. The monoisotopic (exact) mass is 462 g/mol. The van der Waals surface area contributed by atoms with Crippen LogP contribution in [0.3, 0.4) is 0 Å². The van der Waals surface area contributed by atoms with E-state index >= 15 is 0 Å². The van der Waals surface area contributed by atoms with Crippen molar-refractivity contribution in [3.63, 3.8) is 0 Å². The molecule has 0 aliphatic carbocycles. The van der Waals surface area contributed by atoms with Gasteiger partial charge in [-0.1, -0.05) is 48.7 Å². The number of nitrogens with zero attached hydrogens (tertiary/aromatic N) is 2. The van der Waals surface area contributed by atoms with Gasteiger partial charge in [0, 0.05) is 40.8 Å². The Labute approximate surface area is 186 Å². The number of halogens is 2. The number of likely N-dealkylation sites (tertiary alicyclic amines) is 1. The molecule has 31 heavy (non-hydrogen) atoms.